The fourth-order valence-corrected chi connectivity index (χ4v) is 4.55. The van der Waals surface area contributed by atoms with Crippen LogP contribution in [0.15, 0.2) is 66.9 Å². The molecule has 1 amide bonds. The smallest absolute Gasteiger partial charge is 0.297 e. The summed E-state index contributed by atoms with van der Waals surface area (Å²) >= 11 is 0. The van der Waals surface area contributed by atoms with Crippen LogP contribution < -0.4 is 9.64 Å². The largest absolute Gasteiger partial charge is 0.493 e. The van der Waals surface area contributed by atoms with Gasteiger partial charge in [0.15, 0.2) is 5.78 Å². The Morgan fingerprint density at radius 3 is 2.33 bits per heavy atom. The monoisotopic (exact) mass is 484 g/mol. The van der Waals surface area contributed by atoms with E-state index >= 15 is 0 Å². The summed E-state index contributed by atoms with van der Waals surface area (Å²) in [6.45, 7) is 10.8. The van der Waals surface area contributed by atoms with Crippen LogP contribution in [-0.2, 0) is 15.0 Å². The number of hydrogen-bond donors (Lipinski definition) is 0. The first-order valence-electron chi connectivity index (χ1n) is 12.3. The maximum absolute atomic E-state index is 13.8. The van der Waals surface area contributed by atoms with Crippen LogP contribution in [0, 0.1) is 12.8 Å². The van der Waals surface area contributed by atoms with Gasteiger partial charge in [0.05, 0.1) is 12.6 Å². The summed E-state index contributed by atoms with van der Waals surface area (Å²) < 4.78 is 5.74. The molecular weight excluding hydrogens is 452 g/mol. The first-order valence-corrected chi connectivity index (χ1v) is 12.3. The van der Waals surface area contributed by atoms with Crippen LogP contribution in [0.2, 0.25) is 0 Å². The lowest BCUT2D eigenvalue weighted by Crippen LogP contribution is -2.31. The number of amides is 1. The molecule has 2 heterocycles. The summed E-state index contributed by atoms with van der Waals surface area (Å²) in [5, 5.41) is 0. The van der Waals surface area contributed by atoms with Gasteiger partial charge in [0.25, 0.3) is 5.91 Å². The molecule has 0 N–H and O–H groups in total. The lowest BCUT2D eigenvalue weighted by molar-refractivity contribution is -0.135. The van der Waals surface area contributed by atoms with E-state index in [0.717, 1.165) is 17.5 Å². The number of pyridine rings is 1. The van der Waals surface area contributed by atoms with Gasteiger partial charge in [-0.15, -0.1) is 0 Å². The molecule has 0 aliphatic carbocycles. The molecular formula is C30H32N2O4. The maximum atomic E-state index is 13.8. The molecule has 6 nitrogen and oxygen atoms in total. The maximum Gasteiger partial charge on any atom is 0.297 e. The van der Waals surface area contributed by atoms with Crippen LogP contribution in [-0.4, -0.2) is 29.1 Å². The number of anilines is 1. The first-order chi connectivity index (χ1) is 17.1. The molecule has 4 rings (SSSR count). The molecule has 1 aromatic heterocycles. The molecule has 0 spiro atoms. The van der Waals surface area contributed by atoms with Crippen LogP contribution >= 0.6 is 0 Å². The van der Waals surface area contributed by atoms with Gasteiger partial charge >= 0.3 is 0 Å². The number of Topliss-reactive ketones (excluding diaryl/α,β-unsaturated/α-hetero) is 2. The van der Waals surface area contributed by atoms with Crippen molar-refractivity contribution >= 4 is 23.3 Å². The second-order valence-corrected chi connectivity index (χ2v) is 10.2. The lowest BCUT2D eigenvalue weighted by atomic mass is 9.83. The highest BCUT2D eigenvalue weighted by Gasteiger charge is 2.52. The van der Waals surface area contributed by atoms with Crippen molar-refractivity contribution in [2.75, 3.05) is 11.5 Å². The fraction of sp³-hybridized carbons (Fsp3) is 0.333. The summed E-state index contributed by atoms with van der Waals surface area (Å²) in [6, 6.07) is 17.3. The number of carbonyl (C=O) groups excluding carboxylic acids is 3. The Hall–Kier alpha value is -3.80. The number of rotatable bonds is 7. The lowest BCUT2D eigenvalue weighted by Gasteiger charge is -2.27. The molecule has 2 atom stereocenters. The number of aryl methyl sites for hydroxylation is 1. The summed E-state index contributed by atoms with van der Waals surface area (Å²) in [5.74, 6) is -1.97. The van der Waals surface area contributed by atoms with Gasteiger partial charge in [0.2, 0.25) is 5.78 Å². The van der Waals surface area contributed by atoms with E-state index in [4.69, 9.17) is 4.74 Å². The minimum absolute atomic E-state index is 0.0607. The summed E-state index contributed by atoms with van der Waals surface area (Å²) in [5.41, 5.74) is 2.95. The highest BCUT2D eigenvalue weighted by atomic mass is 16.5. The third-order valence-electron chi connectivity index (χ3n) is 6.52. The fourth-order valence-electron chi connectivity index (χ4n) is 4.55. The Morgan fingerprint density at radius 2 is 1.75 bits per heavy atom. The van der Waals surface area contributed by atoms with E-state index in [0.29, 0.717) is 29.3 Å². The van der Waals surface area contributed by atoms with E-state index < -0.39 is 23.7 Å². The molecule has 2 unspecified atom stereocenters. The number of aromatic nitrogens is 1. The number of hydrogen-bond acceptors (Lipinski definition) is 5. The van der Waals surface area contributed by atoms with E-state index in [1.807, 2.05) is 38.1 Å². The number of nitrogens with zero attached hydrogens (tertiary/aromatic N) is 2. The quantitative estimate of drug-likeness (QED) is 0.247. The molecule has 6 heteroatoms. The van der Waals surface area contributed by atoms with E-state index in [1.165, 1.54) is 4.90 Å². The Morgan fingerprint density at radius 1 is 1.03 bits per heavy atom. The number of ketones is 2. The molecule has 1 saturated heterocycles. The van der Waals surface area contributed by atoms with Gasteiger partial charge in [-0.3, -0.25) is 19.3 Å². The van der Waals surface area contributed by atoms with E-state index in [2.05, 4.69) is 25.8 Å². The highest BCUT2D eigenvalue weighted by Crippen LogP contribution is 2.41. The highest BCUT2D eigenvalue weighted by molar-refractivity contribution is 6.48. The first kappa shape index (κ1) is 25.3. The van der Waals surface area contributed by atoms with Crippen LogP contribution in [0.3, 0.4) is 0 Å². The van der Waals surface area contributed by atoms with Crippen LogP contribution in [0.1, 0.15) is 67.2 Å². The van der Waals surface area contributed by atoms with Crippen molar-refractivity contribution in [3.8, 4) is 5.75 Å². The Labute approximate surface area is 212 Å². The normalized spacial score (nSPS) is 18.0. The van der Waals surface area contributed by atoms with Crippen molar-refractivity contribution < 1.29 is 19.1 Å². The summed E-state index contributed by atoms with van der Waals surface area (Å²) in [7, 11) is 0. The molecule has 1 fully saturated rings. The molecule has 1 aliphatic heterocycles. The molecule has 1 aliphatic rings. The van der Waals surface area contributed by atoms with Crippen molar-refractivity contribution in [2.45, 2.75) is 52.5 Å². The second kappa shape index (κ2) is 10.1. The molecule has 36 heavy (non-hydrogen) atoms. The van der Waals surface area contributed by atoms with Gasteiger partial charge < -0.3 is 4.74 Å². The minimum Gasteiger partial charge on any atom is -0.493 e. The second-order valence-electron chi connectivity index (χ2n) is 10.2. The molecule has 186 valence electrons. The Balaban J connectivity index is 1.78. The third-order valence-corrected chi connectivity index (χ3v) is 6.52. The SMILES string of the molecule is CCCOc1ccc(C(=O)C2C(=O)C(=O)N(c3ccccn3)C2c2ccc(C(C)(C)C)cc2)cc1C. The topological polar surface area (TPSA) is 76.6 Å². The van der Waals surface area contributed by atoms with E-state index in [1.54, 1.807) is 42.6 Å². The van der Waals surface area contributed by atoms with Gasteiger partial charge in [0, 0.05) is 11.8 Å². The standard InChI is InChI=1S/C30H32N2O4/c1-6-17-36-23-15-12-21(18-19(23)2)27(33)25-26(20-10-13-22(14-11-20)30(3,4)5)32(29(35)28(25)34)24-9-7-8-16-31-24/h7-16,18,25-26H,6,17H2,1-5H3. The average molecular weight is 485 g/mol. The number of carbonyl (C=O) groups is 3. The van der Waals surface area contributed by atoms with Crippen LogP contribution in [0.4, 0.5) is 5.82 Å². The van der Waals surface area contributed by atoms with Crippen molar-refractivity contribution in [1.29, 1.82) is 0 Å². The van der Waals surface area contributed by atoms with E-state index in [9.17, 15) is 14.4 Å². The number of benzene rings is 2. The molecule has 3 aromatic rings. The van der Waals surface area contributed by atoms with Crippen molar-refractivity contribution in [2.24, 2.45) is 5.92 Å². The molecule has 2 aromatic carbocycles. The van der Waals surface area contributed by atoms with Gasteiger partial charge in [-0.1, -0.05) is 58.0 Å². The van der Waals surface area contributed by atoms with Gasteiger partial charge in [-0.05, 0) is 65.8 Å². The summed E-state index contributed by atoms with van der Waals surface area (Å²) in [6.07, 6.45) is 2.44. The minimum atomic E-state index is -1.18. The van der Waals surface area contributed by atoms with Gasteiger partial charge in [-0.2, -0.15) is 0 Å². The van der Waals surface area contributed by atoms with Crippen molar-refractivity contribution in [1.82, 2.24) is 4.98 Å². The Bertz CT molecular complexity index is 1280. The average Bonchev–Trinajstić information content (AvgIpc) is 3.13. The predicted octanol–water partition coefficient (Wildman–Crippen LogP) is 5.63. The predicted molar refractivity (Wildman–Crippen MR) is 139 cm³/mol. The Kier molecular flexibility index (Phi) is 7.07. The third kappa shape index (κ3) is 4.81. The number of ether oxygens (including phenoxy) is 1. The van der Waals surface area contributed by atoms with E-state index in [-0.39, 0.29) is 11.2 Å². The van der Waals surface area contributed by atoms with Crippen LogP contribution in [0.25, 0.3) is 0 Å². The van der Waals surface area contributed by atoms with Crippen molar-refractivity contribution in [3.05, 3.63) is 89.1 Å². The van der Waals surface area contributed by atoms with Crippen LogP contribution in [0.5, 0.6) is 5.75 Å². The molecule has 0 bridgehead atoms. The van der Waals surface area contributed by atoms with Gasteiger partial charge in [0.1, 0.15) is 17.5 Å². The zero-order valence-electron chi connectivity index (χ0n) is 21.4. The van der Waals surface area contributed by atoms with Gasteiger partial charge in [-0.25, -0.2) is 4.98 Å². The van der Waals surface area contributed by atoms with Crippen molar-refractivity contribution in [3.63, 3.8) is 0 Å². The zero-order valence-corrected chi connectivity index (χ0v) is 21.4. The molecule has 0 saturated carbocycles. The summed E-state index contributed by atoms with van der Waals surface area (Å²) in [4.78, 5) is 46.1. The molecule has 0 radical (unpaired) electrons. The zero-order chi connectivity index (χ0) is 26.0.